The molecular weight excluding hydrogens is 1090 g/mol. The second-order valence-electron chi connectivity index (χ2n) is 27.1. The third-order valence-corrected chi connectivity index (χ3v) is 18.6. The Morgan fingerprint density at radius 1 is 0.333 bits per heavy atom. The molecule has 434 valence electrons. The average molecular weight is 1180 g/mol. The predicted molar refractivity (Wildman–Crippen MR) is 382 cm³/mol. The van der Waals surface area contributed by atoms with Crippen molar-refractivity contribution in [3.8, 4) is 39.1 Å². The first-order valence-corrected chi connectivity index (χ1v) is 30.7. The van der Waals surface area contributed by atoms with Gasteiger partial charge < -0.3 is 23.2 Å². The summed E-state index contributed by atoms with van der Waals surface area (Å²) < 4.78 is 136. The quantitative estimate of drug-likeness (QED) is 0.156. The van der Waals surface area contributed by atoms with Crippen molar-refractivity contribution in [2.24, 2.45) is 0 Å². The van der Waals surface area contributed by atoms with Gasteiger partial charge in [-0.3, -0.25) is 0 Å². The lowest BCUT2D eigenvalue weighted by Crippen LogP contribution is -2.61. The molecule has 2 aliphatic heterocycles. The SMILES string of the molecule is [2H]c1c([2H])c([2H])c(-c2ccc3c(c2)N(c2cccc4c2oc2c(-c5cccc(C(C)(C)C)c5)cccc24)c2cc(C(C)(C)C)cc4c2B3c2ccc(-n3c5c([2H])c([2H])c([2H])c([2H])c5c5c([2H])c([2H])c([2H])c([2H])c53)cc2N4c2cccc3c2oc2c(-c4cccc(C(C)(C)C)c4)cccc23)c([2H])c1[2H]. The van der Waals surface area contributed by atoms with E-state index in [2.05, 4.69) is 181 Å². The van der Waals surface area contributed by atoms with E-state index < -0.39 is 78.6 Å². The first-order chi connectivity index (χ1) is 48.9. The number of anilines is 6. The number of rotatable bonds is 6. The largest absolute Gasteiger partial charge is 0.453 e. The van der Waals surface area contributed by atoms with E-state index in [9.17, 15) is 8.22 Å². The van der Waals surface area contributed by atoms with E-state index in [0.717, 1.165) is 82.7 Å². The summed E-state index contributed by atoms with van der Waals surface area (Å²) in [5, 5.41) is 3.38. The third-order valence-electron chi connectivity index (χ3n) is 18.6. The van der Waals surface area contributed by atoms with Gasteiger partial charge in [-0.2, -0.15) is 0 Å². The van der Waals surface area contributed by atoms with Gasteiger partial charge in [0.15, 0.2) is 11.2 Å². The highest BCUT2D eigenvalue weighted by Gasteiger charge is 2.45. The van der Waals surface area contributed by atoms with E-state index in [1.54, 1.807) is 4.57 Å². The Bertz CT molecular complexity index is 6180. The smallest absolute Gasteiger partial charge is 0.252 e. The number of hydrogen-bond acceptors (Lipinski definition) is 4. The van der Waals surface area contributed by atoms with Crippen molar-refractivity contribution in [1.82, 2.24) is 4.57 Å². The Hall–Kier alpha value is -10.3. The fraction of sp³-hybridized carbons (Fsp3) is 0.143. The summed E-state index contributed by atoms with van der Waals surface area (Å²) in [5.74, 6) is 0. The van der Waals surface area contributed by atoms with Crippen molar-refractivity contribution >= 4 is 123 Å². The van der Waals surface area contributed by atoms with Crippen LogP contribution in [0.2, 0.25) is 0 Å². The third kappa shape index (κ3) is 8.23. The molecule has 5 heterocycles. The minimum Gasteiger partial charge on any atom is -0.453 e. The van der Waals surface area contributed by atoms with E-state index in [4.69, 9.17) is 18.4 Å². The summed E-state index contributed by atoms with van der Waals surface area (Å²) in [4.78, 5) is 4.41. The van der Waals surface area contributed by atoms with Crippen LogP contribution >= 0.6 is 0 Å². The van der Waals surface area contributed by atoms with Gasteiger partial charge in [-0.25, -0.2) is 0 Å². The molecule has 12 aromatic carbocycles. The molecule has 0 unspecified atom stereocenters. The summed E-state index contributed by atoms with van der Waals surface area (Å²) in [5.41, 5.74) is 15.9. The summed E-state index contributed by atoms with van der Waals surface area (Å²) in [7, 11) is 0. The number of fused-ring (bicyclic) bond motifs is 13. The molecule has 15 aromatic rings. The molecule has 0 radical (unpaired) electrons. The lowest BCUT2D eigenvalue weighted by atomic mass is 9.33. The number of hydrogen-bond donors (Lipinski definition) is 0. The molecule has 0 bridgehead atoms. The van der Waals surface area contributed by atoms with Gasteiger partial charge in [-0.15, -0.1) is 0 Å². The van der Waals surface area contributed by atoms with Gasteiger partial charge in [0.25, 0.3) is 6.71 Å². The second-order valence-corrected chi connectivity index (χ2v) is 27.1. The molecular formula is C84H68BN3O2. The van der Waals surface area contributed by atoms with Gasteiger partial charge in [0.2, 0.25) is 0 Å². The van der Waals surface area contributed by atoms with Gasteiger partial charge in [0.1, 0.15) is 11.2 Å². The fourth-order valence-electron chi connectivity index (χ4n) is 14.0. The van der Waals surface area contributed by atoms with E-state index in [1.807, 2.05) is 60.7 Å². The second kappa shape index (κ2) is 19.6. The molecule has 0 amide bonds. The van der Waals surface area contributed by atoms with Crippen LogP contribution in [0.1, 0.15) is 96.8 Å². The molecule has 0 N–H and O–H groups in total. The summed E-state index contributed by atoms with van der Waals surface area (Å²) in [6.07, 6.45) is 0. The van der Waals surface area contributed by atoms with Gasteiger partial charge in [0.05, 0.1) is 40.2 Å². The molecule has 3 aromatic heterocycles. The monoisotopic (exact) mass is 1170 g/mol. The number of nitrogens with zero attached hydrogens (tertiary/aromatic N) is 3. The van der Waals surface area contributed by atoms with Gasteiger partial charge in [0, 0.05) is 71.9 Å². The Labute approximate surface area is 544 Å². The van der Waals surface area contributed by atoms with Gasteiger partial charge in [-0.1, -0.05) is 256 Å². The zero-order chi connectivity index (χ0) is 72.4. The molecule has 0 saturated carbocycles. The highest BCUT2D eigenvalue weighted by Crippen LogP contribution is 2.52. The van der Waals surface area contributed by atoms with Gasteiger partial charge in [-0.05, 0) is 126 Å². The molecule has 90 heavy (non-hydrogen) atoms. The van der Waals surface area contributed by atoms with Crippen LogP contribution in [0.4, 0.5) is 34.1 Å². The van der Waals surface area contributed by atoms with Crippen molar-refractivity contribution in [2.75, 3.05) is 9.80 Å². The van der Waals surface area contributed by atoms with E-state index in [0.29, 0.717) is 56.3 Å². The molecule has 6 heteroatoms. The van der Waals surface area contributed by atoms with Crippen LogP contribution < -0.4 is 26.2 Å². The highest BCUT2D eigenvalue weighted by atomic mass is 16.3. The van der Waals surface area contributed by atoms with Crippen LogP contribution in [0.3, 0.4) is 0 Å². The summed E-state index contributed by atoms with van der Waals surface area (Å²) in [6, 6.07) is 51.7. The van der Waals surface area contributed by atoms with Crippen LogP contribution in [-0.4, -0.2) is 11.3 Å². The molecule has 0 fully saturated rings. The molecule has 2 aliphatic rings. The lowest BCUT2D eigenvalue weighted by molar-refractivity contribution is 0.590. The topological polar surface area (TPSA) is 37.7 Å². The predicted octanol–water partition coefficient (Wildman–Crippen LogP) is 21.6. The molecule has 0 saturated heterocycles. The average Bonchev–Trinajstić information content (AvgIpc) is 1.66. The van der Waals surface area contributed by atoms with Crippen molar-refractivity contribution in [3.05, 3.63) is 265 Å². The zero-order valence-corrected chi connectivity index (χ0v) is 51.4. The number of furan rings is 2. The summed E-state index contributed by atoms with van der Waals surface area (Å²) in [6.45, 7) is 19.0. The minimum atomic E-state index is -0.652. The maximum absolute atomic E-state index is 9.65. The Morgan fingerprint density at radius 3 is 1.29 bits per heavy atom. The van der Waals surface area contributed by atoms with Crippen LogP contribution in [0.5, 0.6) is 0 Å². The number of para-hydroxylation sites is 6. The minimum absolute atomic E-state index is 0.0266. The normalized spacial score (nSPS) is 15.3. The van der Waals surface area contributed by atoms with Gasteiger partial charge >= 0.3 is 0 Å². The van der Waals surface area contributed by atoms with Crippen LogP contribution in [0.25, 0.3) is 105 Å². The standard InChI is InChI=1S/C84H68BN3O2/c1-82(2,3)55-27-17-25-53(45-55)59-31-19-33-63-65-35-21-39-71(80(65)89-78(59)63)87-73-47-52(51-23-11-10-12-24-51)41-43-67(73)85-68-44-42-58(86-69-37-15-13-29-61(69)62-30-14-16-38-70(62)86)50-74(68)88(76-49-57(84(7,8)9)48-75(87)77(76)85)72-40-22-36-66-64-34-20-32-60(79(64)90-81(66)72)54-26-18-28-56(46-54)83(4,5)6/h10-50H,1-9H3/i10D,11D,12D,13D,14D,15D,16D,23D,24D,29D,30D,37D,38D. The van der Waals surface area contributed by atoms with Crippen molar-refractivity contribution in [3.63, 3.8) is 0 Å². The Morgan fingerprint density at radius 2 is 0.778 bits per heavy atom. The van der Waals surface area contributed by atoms with Crippen molar-refractivity contribution in [1.29, 1.82) is 0 Å². The Balaban J connectivity index is 1.01. The van der Waals surface area contributed by atoms with Crippen molar-refractivity contribution in [2.45, 2.75) is 78.6 Å². The maximum atomic E-state index is 9.65. The van der Waals surface area contributed by atoms with Crippen LogP contribution in [0.15, 0.2) is 257 Å². The van der Waals surface area contributed by atoms with E-state index >= 15 is 0 Å². The molecule has 17 rings (SSSR count). The van der Waals surface area contributed by atoms with Crippen LogP contribution in [-0.2, 0) is 16.2 Å². The first-order valence-electron chi connectivity index (χ1n) is 37.2. The maximum Gasteiger partial charge on any atom is 0.252 e. The first kappa shape index (κ1) is 41.8. The van der Waals surface area contributed by atoms with E-state index in [1.165, 1.54) is 5.56 Å². The Kier molecular flexibility index (Phi) is 9.10. The lowest BCUT2D eigenvalue weighted by Gasteiger charge is -2.45. The number of benzene rings is 12. The molecule has 0 aliphatic carbocycles. The number of aromatic nitrogens is 1. The van der Waals surface area contributed by atoms with Crippen LogP contribution in [0, 0.1) is 0 Å². The molecule has 0 spiro atoms. The fourth-order valence-corrected chi connectivity index (χ4v) is 14.0. The summed E-state index contributed by atoms with van der Waals surface area (Å²) >= 11 is 0. The molecule has 5 nitrogen and oxygen atoms in total. The van der Waals surface area contributed by atoms with Crippen molar-refractivity contribution < 1.29 is 26.7 Å². The zero-order valence-electron chi connectivity index (χ0n) is 64.4. The molecule has 0 atom stereocenters. The van der Waals surface area contributed by atoms with E-state index in [-0.39, 0.29) is 50.3 Å². The highest BCUT2D eigenvalue weighted by molar-refractivity contribution is 7.00.